The van der Waals surface area contributed by atoms with E-state index in [4.69, 9.17) is 12.2 Å². The van der Waals surface area contributed by atoms with Gasteiger partial charge in [-0.1, -0.05) is 53.8 Å². The first-order valence-electron chi connectivity index (χ1n) is 4.69. The zero-order chi connectivity index (χ0) is 10.8. The van der Waals surface area contributed by atoms with Gasteiger partial charge in [0.2, 0.25) is 5.91 Å². The lowest BCUT2D eigenvalue weighted by molar-refractivity contribution is -0.124. The molecule has 0 aliphatic carbocycles. The Hall–Kier alpha value is -0.870. The molecule has 1 heterocycles. The first-order valence-corrected chi connectivity index (χ1v) is 6.09. The lowest BCUT2D eigenvalue weighted by atomic mass is 10.1. The van der Waals surface area contributed by atoms with Gasteiger partial charge in [-0.25, -0.2) is 0 Å². The molecule has 0 aromatic heterocycles. The molecule has 1 aromatic carbocycles. The van der Waals surface area contributed by atoms with Gasteiger partial charge in [-0.05, 0) is 12.5 Å². The lowest BCUT2D eigenvalue weighted by Crippen LogP contribution is -2.27. The second-order valence-corrected chi connectivity index (χ2v) is 5.13. The van der Waals surface area contributed by atoms with Gasteiger partial charge < -0.3 is 0 Å². The number of thiocarbonyl (C=S) groups is 1. The van der Waals surface area contributed by atoms with Gasteiger partial charge in [0.25, 0.3) is 0 Å². The molecule has 1 aliphatic heterocycles. The number of benzene rings is 1. The molecule has 1 fully saturated rings. The van der Waals surface area contributed by atoms with Gasteiger partial charge in [0.05, 0.1) is 12.3 Å². The van der Waals surface area contributed by atoms with Crippen LogP contribution in [0.4, 0.5) is 0 Å². The van der Waals surface area contributed by atoms with E-state index in [2.05, 4.69) is 6.07 Å². The maximum Gasteiger partial charge on any atom is 0.238 e. The summed E-state index contributed by atoms with van der Waals surface area (Å²) in [5, 5.41) is 0. The van der Waals surface area contributed by atoms with Crippen molar-refractivity contribution >= 4 is 34.2 Å². The molecule has 2 nitrogen and oxygen atoms in total. The van der Waals surface area contributed by atoms with Crippen molar-refractivity contribution in [1.82, 2.24) is 4.90 Å². The maximum absolute atomic E-state index is 11.5. The third-order valence-electron chi connectivity index (χ3n) is 2.26. The largest absolute Gasteiger partial charge is 0.293 e. The number of amides is 1. The van der Waals surface area contributed by atoms with Crippen LogP contribution in [-0.4, -0.2) is 20.9 Å². The van der Waals surface area contributed by atoms with E-state index < -0.39 is 0 Å². The summed E-state index contributed by atoms with van der Waals surface area (Å²) in [5.41, 5.74) is 2.34. The number of rotatable bonds is 2. The summed E-state index contributed by atoms with van der Waals surface area (Å²) in [5.74, 6) is 0.608. The second-order valence-electron chi connectivity index (χ2n) is 3.52. The van der Waals surface area contributed by atoms with E-state index in [1.54, 1.807) is 4.90 Å². The molecule has 0 N–H and O–H groups in total. The minimum absolute atomic E-state index is 0.117. The lowest BCUT2D eigenvalue weighted by Gasteiger charge is -2.14. The predicted molar refractivity (Wildman–Crippen MR) is 66.8 cm³/mol. The number of carbonyl (C=O) groups excluding carboxylic acids is 1. The highest BCUT2D eigenvalue weighted by molar-refractivity contribution is 8.23. The van der Waals surface area contributed by atoms with Gasteiger partial charge >= 0.3 is 0 Å². The Morgan fingerprint density at radius 3 is 2.93 bits per heavy atom. The third-order valence-corrected chi connectivity index (χ3v) is 3.70. The average molecular weight is 237 g/mol. The van der Waals surface area contributed by atoms with Gasteiger partial charge in [0.1, 0.15) is 4.32 Å². The Labute approximate surface area is 98.7 Å². The van der Waals surface area contributed by atoms with Crippen LogP contribution < -0.4 is 0 Å². The van der Waals surface area contributed by atoms with Crippen LogP contribution in [0.1, 0.15) is 11.1 Å². The average Bonchev–Trinajstić information content (AvgIpc) is 2.50. The van der Waals surface area contributed by atoms with Crippen LogP contribution in [0.15, 0.2) is 24.3 Å². The highest BCUT2D eigenvalue weighted by Gasteiger charge is 2.26. The van der Waals surface area contributed by atoms with Crippen molar-refractivity contribution in [3.05, 3.63) is 35.4 Å². The van der Waals surface area contributed by atoms with Crippen LogP contribution in [0.5, 0.6) is 0 Å². The Morgan fingerprint density at radius 2 is 2.33 bits per heavy atom. The summed E-state index contributed by atoms with van der Waals surface area (Å²) >= 11 is 6.56. The summed E-state index contributed by atoms with van der Waals surface area (Å²) in [4.78, 5) is 13.2. The van der Waals surface area contributed by atoms with Gasteiger partial charge in [-0.15, -0.1) is 0 Å². The molecular weight excluding hydrogens is 226 g/mol. The molecule has 0 unspecified atom stereocenters. The van der Waals surface area contributed by atoms with Gasteiger partial charge in [-0.3, -0.25) is 9.69 Å². The number of hydrogen-bond donors (Lipinski definition) is 0. The van der Waals surface area contributed by atoms with Crippen LogP contribution in [0.3, 0.4) is 0 Å². The van der Waals surface area contributed by atoms with Crippen molar-refractivity contribution in [3.63, 3.8) is 0 Å². The van der Waals surface area contributed by atoms with Crippen LogP contribution in [0.25, 0.3) is 0 Å². The van der Waals surface area contributed by atoms with E-state index in [1.807, 2.05) is 25.1 Å². The van der Waals surface area contributed by atoms with E-state index in [0.717, 1.165) is 5.56 Å². The third kappa shape index (κ3) is 2.38. The number of aryl methyl sites for hydroxylation is 1. The first-order chi connectivity index (χ1) is 7.16. The molecule has 0 bridgehead atoms. The Morgan fingerprint density at radius 1 is 1.53 bits per heavy atom. The van der Waals surface area contributed by atoms with Crippen LogP contribution >= 0.6 is 24.0 Å². The molecule has 0 saturated carbocycles. The number of thioether (sulfide) groups is 1. The Balaban J connectivity index is 2.15. The molecule has 0 radical (unpaired) electrons. The van der Waals surface area contributed by atoms with E-state index in [-0.39, 0.29) is 5.91 Å². The monoisotopic (exact) mass is 237 g/mol. The van der Waals surface area contributed by atoms with Crippen molar-refractivity contribution in [3.8, 4) is 0 Å². The SMILES string of the molecule is Cc1cccc(CN2C(=O)CSC2=S)c1. The van der Waals surface area contributed by atoms with Crippen LogP contribution in [0, 0.1) is 6.92 Å². The molecule has 1 saturated heterocycles. The normalized spacial score (nSPS) is 16.2. The zero-order valence-electron chi connectivity index (χ0n) is 8.40. The molecule has 0 atom stereocenters. The quantitative estimate of drug-likeness (QED) is 0.736. The number of carbonyl (C=O) groups is 1. The summed E-state index contributed by atoms with van der Waals surface area (Å²) < 4.78 is 0.696. The predicted octanol–water partition coefficient (Wildman–Crippen LogP) is 2.36. The fraction of sp³-hybridized carbons (Fsp3) is 0.273. The fourth-order valence-corrected chi connectivity index (χ4v) is 2.60. The molecule has 15 heavy (non-hydrogen) atoms. The Bertz CT molecular complexity index is 401. The van der Waals surface area contributed by atoms with Gasteiger partial charge in [-0.2, -0.15) is 0 Å². The topological polar surface area (TPSA) is 20.3 Å². The van der Waals surface area contributed by atoms with E-state index in [0.29, 0.717) is 16.6 Å². The summed E-state index contributed by atoms with van der Waals surface area (Å²) in [6, 6.07) is 8.15. The molecule has 1 amide bonds. The smallest absolute Gasteiger partial charge is 0.238 e. The molecule has 4 heteroatoms. The fourth-order valence-electron chi connectivity index (χ4n) is 1.53. The van der Waals surface area contributed by atoms with Crippen molar-refractivity contribution in [2.45, 2.75) is 13.5 Å². The standard InChI is InChI=1S/C11H11NOS2/c1-8-3-2-4-9(5-8)6-12-10(13)7-15-11(12)14/h2-5H,6-7H2,1H3. The van der Waals surface area contributed by atoms with E-state index in [9.17, 15) is 4.79 Å². The minimum Gasteiger partial charge on any atom is -0.293 e. The summed E-state index contributed by atoms with van der Waals surface area (Å²) in [7, 11) is 0. The van der Waals surface area contributed by atoms with Crippen molar-refractivity contribution < 1.29 is 4.79 Å². The van der Waals surface area contributed by atoms with Crippen LogP contribution in [-0.2, 0) is 11.3 Å². The summed E-state index contributed by atoms with van der Waals surface area (Å²) in [6.45, 7) is 2.65. The van der Waals surface area contributed by atoms with E-state index >= 15 is 0 Å². The van der Waals surface area contributed by atoms with E-state index in [1.165, 1.54) is 17.3 Å². The highest BCUT2D eigenvalue weighted by atomic mass is 32.2. The molecular formula is C11H11NOS2. The maximum atomic E-state index is 11.5. The number of hydrogen-bond acceptors (Lipinski definition) is 3. The Kier molecular flexibility index (Phi) is 3.07. The van der Waals surface area contributed by atoms with Crippen molar-refractivity contribution in [2.75, 3.05) is 5.75 Å². The highest BCUT2D eigenvalue weighted by Crippen LogP contribution is 2.21. The molecule has 78 valence electrons. The summed E-state index contributed by atoms with van der Waals surface area (Å²) in [6.07, 6.45) is 0. The zero-order valence-corrected chi connectivity index (χ0v) is 10.0. The van der Waals surface area contributed by atoms with Gasteiger partial charge in [0.15, 0.2) is 0 Å². The second kappa shape index (κ2) is 4.33. The molecule has 2 rings (SSSR count). The minimum atomic E-state index is 0.117. The van der Waals surface area contributed by atoms with Crippen molar-refractivity contribution in [1.29, 1.82) is 0 Å². The first kappa shape index (κ1) is 10.6. The van der Waals surface area contributed by atoms with Gasteiger partial charge in [0, 0.05) is 0 Å². The molecule has 1 aliphatic rings. The molecule has 1 aromatic rings. The number of nitrogens with zero attached hydrogens (tertiary/aromatic N) is 1. The molecule has 0 spiro atoms. The van der Waals surface area contributed by atoms with Crippen molar-refractivity contribution in [2.24, 2.45) is 0 Å². The van der Waals surface area contributed by atoms with Crippen LogP contribution in [0.2, 0.25) is 0 Å².